The van der Waals surface area contributed by atoms with Gasteiger partial charge in [-0.3, -0.25) is 9.59 Å². The predicted molar refractivity (Wildman–Crippen MR) is 94.0 cm³/mol. The number of methoxy groups -OCH3 is 2. The summed E-state index contributed by atoms with van der Waals surface area (Å²) < 4.78 is 21.1. The first kappa shape index (κ1) is 20.8. The third-order valence-electron chi connectivity index (χ3n) is 3.79. The smallest absolute Gasteiger partial charge is 0.311 e. The van der Waals surface area contributed by atoms with Gasteiger partial charge >= 0.3 is 11.9 Å². The zero-order valence-electron chi connectivity index (χ0n) is 15.7. The molecule has 0 aliphatic heterocycles. The average Bonchev–Trinajstić information content (AvgIpc) is 2.59. The summed E-state index contributed by atoms with van der Waals surface area (Å²) in [4.78, 5) is 23.9. The van der Waals surface area contributed by atoms with Gasteiger partial charge in [-0.05, 0) is 30.9 Å². The minimum Gasteiger partial charge on any atom is -0.493 e. The first-order chi connectivity index (χ1) is 11.9. The number of benzene rings is 1. The molecule has 0 aliphatic rings. The van der Waals surface area contributed by atoms with E-state index >= 15 is 0 Å². The number of ether oxygens (including phenoxy) is 4. The van der Waals surface area contributed by atoms with Crippen molar-refractivity contribution in [3.63, 3.8) is 0 Å². The van der Waals surface area contributed by atoms with Crippen molar-refractivity contribution in [3.05, 3.63) is 18.2 Å². The maximum Gasteiger partial charge on any atom is 0.311 e. The van der Waals surface area contributed by atoms with E-state index in [2.05, 4.69) is 0 Å². The molecule has 1 aromatic carbocycles. The van der Waals surface area contributed by atoms with Crippen LogP contribution in [-0.2, 0) is 14.3 Å². The van der Waals surface area contributed by atoms with Crippen molar-refractivity contribution < 1.29 is 28.5 Å². The van der Waals surface area contributed by atoms with Crippen LogP contribution in [0.25, 0.3) is 0 Å². The summed E-state index contributed by atoms with van der Waals surface area (Å²) in [6.07, 6.45) is 1.34. The number of hydrogen-bond donors (Lipinski definition) is 0. The van der Waals surface area contributed by atoms with Crippen LogP contribution in [0.15, 0.2) is 18.2 Å². The van der Waals surface area contributed by atoms with Crippen LogP contribution in [0.3, 0.4) is 0 Å². The Kier molecular flexibility index (Phi) is 8.81. The Morgan fingerprint density at radius 3 is 2.04 bits per heavy atom. The highest BCUT2D eigenvalue weighted by Crippen LogP contribution is 2.37. The summed E-state index contributed by atoms with van der Waals surface area (Å²) in [5, 5.41) is 0. The quantitative estimate of drug-likeness (QED) is 0.472. The molecule has 6 nitrogen and oxygen atoms in total. The van der Waals surface area contributed by atoms with E-state index in [0.717, 1.165) is 6.42 Å². The fraction of sp³-hybridized carbons (Fsp3) is 0.579. The van der Waals surface area contributed by atoms with Gasteiger partial charge in [0.05, 0.1) is 14.2 Å². The van der Waals surface area contributed by atoms with Crippen molar-refractivity contribution in [3.8, 4) is 17.2 Å². The Morgan fingerprint density at radius 1 is 1.00 bits per heavy atom. The Labute approximate surface area is 149 Å². The fourth-order valence-electron chi connectivity index (χ4n) is 2.38. The topological polar surface area (TPSA) is 71.1 Å². The molecule has 1 aromatic rings. The van der Waals surface area contributed by atoms with Gasteiger partial charge in [0.1, 0.15) is 6.10 Å². The van der Waals surface area contributed by atoms with Gasteiger partial charge in [0.25, 0.3) is 0 Å². The normalized spacial score (nSPS) is 11.8. The van der Waals surface area contributed by atoms with Gasteiger partial charge < -0.3 is 18.9 Å². The molecule has 0 bridgehead atoms. The Hall–Kier alpha value is -2.24. The molecule has 0 aromatic heterocycles. The molecule has 0 amide bonds. The maximum atomic E-state index is 12.0. The van der Waals surface area contributed by atoms with E-state index in [1.54, 1.807) is 18.2 Å². The molecule has 0 N–H and O–H groups in total. The van der Waals surface area contributed by atoms with Gasteiger partial charge in [-0.2, -0.15) is 0 Å². The van der Waals surface area contributed by atoms with Crippen molar-refractivity contribution in [2.45, 2.75) is 52.6 Å². The maximum absolute atomic E-state index is 12.0. The Morgan fingerprint density at radius 2 is 1.56 bits per heavy atom. The standard InChI is InChI=1S/C19H28O6/c1-6-14(13(2)3)24-17(20)11-8-12-18(21)25-19-15(22-4)9-7-10-16(19)23-5/h7,9-10,13-14H,6,8,11-12H2,1-5H3. The first-order valence-corrected chi connectivity index (χ1v) is 8.54. The minimum absolute atomic E-state index is 0.0858. The minimum atomic E-state index is -0.452. The summed E-state index contributed by atoms with van der Waals surface area (Å²) in [6.45, 7) is 6.01. The highest BCUT2D eigenvalue weighted by atomic mass is 16.6. The predicted octanol–water partition coefficient (Wildman–Crippen LogP) is 3.76. The number of carbonyl (C=O) groups is 2. The van der Waals surface area contributed by atoms with E-state index in [4.69, 9.17) is 18.9 Å². The van der Waals surface area contributed by atoms with Gasteiger partial charge in [-0.15, -0.1) is 0 Å². The second-order valence-corrected chi connectivity index (χ2v) is 6.00. The van der Waals surface area contributed by atoms with E-state index in [9.17, 15) is 9.59 Å². The van der Waals surface area contributed by atoms with Gasteiger partial charge in [-0.25, -0.2) is 0 Å². The van der Waals surface area contributed by atoms with Crippen LogP contribution in [0.1, 0.15) is 46.5 Å². The zero-order chi connectivity index (χ0) is 18.8. The second kappa shape index (κ2) is 10.6. The van der Waals surface area contributed by atoms with Crippen molar-refractivity contribution in [2.75, 3.05) is 14.2 Å². The lowest BCUT2D eigenvalue weighted by atomic mass is 10.1. The number of carbonyl (C=O) groups excluding carboxylic acids is 2. The highest BCUT2D eigenvalue weighted by molar-refractivity contribution is 5.76. The monoisotopic (exact) mass is 352 g/mol. The molecule has 1 unspecified atom stereocenters. The van der Waals surface area contributed by atoms with Crippen LogP contribution in [0.4, 0.5) is 0 Å². The van der Waals surface area contributed by atoms with Crippen LogP contribution >= 0.6 is 0 Å². The molecule has 0 spiro atoms. The molecule has 0 aliphatic carbocycles. The number of para-hydroxylation sites is 1. The molecule has 6 heteroatoms. The van der Waals surface area contributed by atoms with E-state index in [1.807, 2.05) is 20.8 Å². The third-order valence-corrected chi connectivity index (χ3v) is 3.79. The number of esters is 2. The Bertz CT molecular complexity index is 545. The lowest BCUT2D eigenvalue weighted by Crippen LogP contribution is -2.22. The number of rotatable bonds is 10. The van der Waals surface area contributed by atoms with Gasteiger partial charge in [0.2, 0.25) is 5.75 Å². The molecular weight excluding hydrogens is 324 g/mol. The summed E-state index contributed by atoms with van der Waals surface area (Å²) in [5.74, 6) is 0.599. The molecule has 0 saturated heterocycles. The van der Waals surface area contributed by atoms with Crippen LogP contribution in [0, 0.1) is 5.92 Å². The van der Waals surface area contributed by atoms with Crippen LogP contribution in [-0.4, -0.2) is 32.3 Å². The number of hydrogen-bond acceptors (Lipinski definition) is 6. The van der Waals surface area contributed by atoms with Crippen LogP contribution in [0.2, 0.25) is 0 Å². The van der Waals surface area contributed by atoms with Gasteiger partial charge in [0, 0.05) is 12.8 Å². The van der Waals surface area contributed by atoms with E-state index in [1.165, 1.54) is 14.2 Å². The van der Waals surface area contributed by atoms with Crippen molar-refractivity contribution in [2.24, 2.45) is 5.92 Å². The largest absolute Gasteiger partial charge is 0.493 e. The van der Waals surface area contributed by atoms with Crippen molar-refractivity contribution in [1.29, 1.82) is 0 Å². The molecule has 0 saturated carbocycles. The van der Waals surface area contributed by atoms with Crippen LogP contribution < -0.4 is 14.2 Å². The molecule has 25 heavy (non-hydrogen) atoms. The van der Waals surface area contributed by atoms with Crippen molar-refractivity contribution in [1.82, 2.24) is 0 Å². The molecule has 0 heterocycles. The lowest BCUT2D eigenvalue weighted by Gasteiger charge is -2.19. The summed E-state index contributed by atoms with van der Waals surface area (Å²) in [6, 6.07) is 5.10. The molecular formula is C19H28O6. The van der Waals surface area contributed by atoms with Gasteiger partial charge in [0.15, 0.2) is 11.5 Å². The molecule has 1 atom stereocenters. The van der Waals surface area contributed by atoms with E-state index < -0.39 is 5.97 Å². The SMILES string of the molecule is CCC(OC(=O)CCCC(=O)Oc1c(OC)cccc1OC)C(C)C. The second-order valence-electron chi connectivity index (χ2n) is 6.00. The summed E-state index contributed by atoms with van der Waals surface area (Å²) in [5.41, 5.74) is 0. The molecule has 140 valence electrons. The third kappa shape index (κ3) is 6.64. The fourth-order valence-corrected chi connectivity index (χ4v) is 2.38. The molecule has 1 rings (SSSR count). The van der Waals surface area contributed by atoms with Crippen LogP contribution in [0.5, 0.6) is 17.2 Å². The lowest BCUT2D eigenvalue weighted by molar-refractivity contribution is -0.151. The van der Waals surface area contributed by atoms with E-state index in [-0.39, 0.29) is 36.6 Å². The summed E-state index contributed by atoms with van der Waals surface area (Å²) >= 11 is 0. The first-order valence-electron chi connectivity index (χ1n) is 8.54. The highest BCUT2D eigenvalue weighted by Gasteiger charge is 2.18. The molecule has 0 fully saturated rings. The average molecular weight is 352 g/mol. The zero-order valence-corrected chi connectivity index (χ0v) is 15.7. The van der Waals surface area contributed by atoms with Gasteiger partial charge in [-0.1, -0.05) is 26.8 Å². The van der Waals surface area contributed by atoms with E-state index in [0.29, 0.717) is 17.9 Å². The summed E-state index contributed by atoms with van der Waals surface area (Å²) in [7, 11) is 2.97. The Balaban J connectivity index is 2.50. The molecule has 0 radical (unpaired) electrons. The van der Waals surface area contributed by atoms with Crippen molar-refractivity contribution >= 4 is 11.9 Å².